The number of amides is 3. The van der Waals surface area contributed by atoms with Gasteiger partial charge in [0.2, 0.25) is 5.91 Å². The Labute approximate surface area is 144 Å². The number of aryl methyl sites for hydroxylation is 1. The highest BCUT2D eigenvalue weighted by atomic mass is 32.2. The zero-order chi connectivity index (χ0) is 17.1. The standard InChI is InChI=1S/C16H19N5O2S/c1-3-24-16-20-19-13(8-11-9-14(22)18-15(23)17-11)21(16)12-6-4-5-10(2)7-12/h4-7,11H,3,8-9H2,1-2H3,(H2,17,18,22,23). The Bertz CT molecular complexity index is 758. The Morgan fingerprint density at radius 3 is 2.88 bits per heavy atom. The minimum absolute atomic E-state index is 0.239. The van der Waals surface area contributed by atoms with Crippen molar-refractivity contribution in [3.05, 3.63) is 35.7 Å². The maximum atomic E-state index is 11.6. The Hall–Kier alpha value is -2.35. The number of urea groups is 1. The maximum Gasteiger partial charge on any atom is 0.321 e. The van der Waals surface area contributed by atoms with Crippen LogP contribution in [0.25, 0.3) is 5.69 Å². The number of imide groups is 1. The summed E-state index contributed by atoms with van der Waals surface area (Å²) in [7, 11) is 0. The molecule has 2 N–H and O–H groups in total. The van der Waals surface area contributed by atoms with Crippen molar-refractivity contribution in [2.24, 2.45) is 0 Å². The lowest BCUT2D eigenvalue weighted by Gasteiger charge is -2.23. The Kier molecular flexibility index (Phi) is 4.84. The summed E-state index contributed by atoms with van der Waals surface area (Å²) >= 11 is 1.61. The van der Waals surface area contributed by atoms with E-state index in [0.29, 0.717) is 6.42 Å². The lowest BCUT2D eigenvalue weighted by atomic mass is 10.1. The molecule has 0 spiro atoms. The first-order valence-electron chi connectivity index (χ1n) is 7.81. The molecule has 1 fully saturated rings. The van der Waals surface area contributed by atoms with Gasteiger partial charge in [0.05, 0.1) is 0 Å². The summed E-state index contributed by atoms with van der Waals surface area (Å²) in [6, 6.07) is 7.36. The lowest BCUT2D eigenvalue weighted by Crippen LogP contribution is -2.53. The average molecular weight is 345 g/mol. The van der Waals surface area contributed by atoms with Crippen molar-refractivity contribution in [3.8, 4) is 5.69 Å². The van der Waals surface area contributed by atoms with E-state index in [1.807, 2.05) is 29.7 Å². The molecular formula is C16H19N5O2S. The zero-order valence-corrected chi connectivity index (χ0v) is 14.4. The SMILES string of the molecule is CCSc1nnc(CC2CC(=O)NC(=O)N2)n1-c1cccc(C)c1. The van der Waals surface area contributed by atoms with E-state index in [4.69, 9.17) is 0 Å². The van der Waals surface area contributed by atoms with Crippen LogP contribution in [0.15, 0.2) is 29.4 Å². The molecule has 3 amide bonds. The molecular weight excluding hydrogens is 326 g/mol. The van der Waals surface area contributed by atoms with Crippen molar-refractivity contribution in [1.29, 1.82) is 0 Å². The third kappa shape index (κ3) is 3.59. The second-order valence-corrected chi connectivity index (χ2v) is 6.86. The Morgan fingerprint density at radius 2 is 2.17 bits per heavy atom. The summed E-state index contributed by atoms with van der Waals surface area (Å²) in [5.74, 6) is 1.34. The monoisotopic (exact) mass is 345 g/mol. The third-order valence-electron chi connectivity index (χ3n) is 3.68. The fraction of sp³-hybridized carbons (Fsp3) is 0.375. The zero-order valence-electron chi connectivity index (χ0n) is 13.6. The molecule has 0 radical (unpaired) electrons. The number of aromatic nitrogens is 3. The molecule has 1 aliphatic heterocycles. The van der Waals surface area contributed by atoms with E-state index >= 15 is 0 Å². The summed E-state index contributed by atoms with van der Waals surface area (Å²) in [6.07, 6.45) is 0.688. The van der Waals surface area contributed by atoms with Crippen LogP contribution in [-0.4, -0.2) is 38.5 Å². The molecule has 2 aromatic rings. The van der Waals surface area contributed by atoms with Gasteiger partial charge in [-0.05, 0) is 30.4 Å². The van der Waals surface area contributed by atoms with Crippen LogP contribution in [0.1, 0.15) is 24.7 Å². The fourth-order valence-electron chi connectivity index (χ4n) is 2.70. The highest BCUT2D eigenvalue weighted by Crippen LogP contribution is 2.23. The van der Waals surface area contributed by atoms with Crippen LogP contribution in [-0.2, 0) is 11.2 Å². The molecule has 1 aromatic carbocycles. The van der Waals surface area contributed by atoms with Crippen molar-refractivity contribution < 1.29 is 9.59 Å². The van der Waals surface area contributed by atoms with Crippen molar-refractivity contribution in [2.45, 2.75) is 37.9 Å². The summed E-state index contributed by atoms with van der Waals surface area (Å²) < 4.78 is 2.00. The minimum Gasteiger partial charge on any atom is -0.334 e. The molecule has 0 bridgehead atoms. The van der Waals surface area contributed by atoms with Gasteiger partial charge >= 0.3 is 6.03 Å². The largest absolute Gasteiger partial charge is 0.334 e. The molecule has 0 saturated carbocycles. The van der Waals surface area contributed by atoms with Gasteiger partial charge in [-0.25, -0.2) is 4.79 Å². The van der Waals surface area contributed by atoms with E-state index in [-0.39, 0.29) is 18.4 Å². The molecule has 3 rings (SSSR count). The summed E-state index contributed by atoms with van der Waals surface area (Å²) in [5.41, 5.74) is 2.13. The molecule has 1 aromatic heterocycles. The summed E-state index contributed by atoms with van der Waals surface area (Å²) in [4.78, 5) is 23.1. The number of nitrogens with zero attached hydrogens (tertiary/aromatic N) is 3. The number of carbonyl (C=O) groups excluding carboxylic acids is 2. The molecule has 1 saturated heterocycles. The van der Waals surface area contributed by atoms with Gasteiger partial charge in [-0.15, -0.1) is 10.2 Å². The molecule has 8 heteroatoms. The van der Waals surface area contributed by atoms with E-state index < -0.39 is 6.03 Å². The van der Waals surface area contributed by atoms with E-state index in [0.717, 1.165) is 28.0 Å². The van der Waals surface area contributed by atoms with Gasteiger partial charge in [0.1, 0.15) is 5.82 Å². The number of benzene rings is 1. The Morgan fingerprint density at radius 1 is 1.33 bits per heavy atom. The molecule has 1 unspecified atom stereocenters. The van der Waals surface area contributed by atoms with Crippen molar-refractivity contribution in [1.82, 2.24) is 25.4 Å². The fourth-order valence-corrected chi connectivity index (χ4v) is 3.40. The molecule has 0 aliphatic carbocycles. The molecule has 2 heterocycles. The van der Waals surface area contributed by atoms with Crippen molar-refractivity contribution >= 4 is 23.7 Å². The predicted molar refractivity (Wildman–Crippen MR) is 91.3 cm³/mol. The van der Waals surface area contributed by atoms with Crippen molar-refractivity contribution in [2.75, 3.05) is 5.75 Å². The summed E-state index contributed by atoms with van der Waals surface area (Å²) in [5, 5.41) is 14.4. The highest BCUT2D eigenvalue weighted by molar-refractivity contribution is 7.99. The molecule has 126 valence electrons. The van der Waals surface area contributed by atoms with Crippen LogP contribution in [0.3, 0.4) is 0 Å². The van der Waals surface area contributed by atoms with Crippen LogP contribution >= 0.6 is 11.8 Å². The van der Waals surface area contributed by atoms with Crippen LogP contribution in [0.5, 0.6) is 0 Å². The molecule has 1 atom stereocenters. The first-order chi connectivity index (χ1) is 11.6. The van der Waals surface area contributed by atoms with Gasteiger partial charge in [-0.1, -0.05) is 30.8 Å². The van der Waals surface area contributed by atoms with E-state index in [9.17, 15) is 9.59 Å². The number of hydrogen-bond donors (Lipinski definition) is 2. The van der Waals surface area contributed by atoms with Gasteiger partial charge in [0, 0.05) is 24.6 Å². The average Bonchev–Trinajstić information content (AvgIpc) is 2.89. The lowest BCUT2D eigenvalue weighted by molar-refractivity contribution is -0.121. The van der Waals surface area contributed by atoms with E-state index in [2.05, 4.69) is 33.8 Å². The van der Waals surface area contributed by atoms with Crippen LogP contribution in [0, 0.1) is 6.92 Å². The van der Waals surface area contributed by atoms with E-state index in [1.165, 1.54) is 0 Å². The van der Waals surface area contributed by atoms with Gasteiger partial charge in [-0.3, -0.25) is 14.7 Å². The van der Waals surface area contributed by atoms with Crippen LogP contribution in [0.2, 0.25) is 0 Å². The van der Waals surface area contributed by atoms with E-state index in [1.54, 1.807) is 11.8 Å². The number of rotatable bonds is 5. The second-order valence-electron chi connectivity index (χ2n) is 5.63. The van der Waals surface area contributed by atoms with Gasteiger partial charge in [0.25, 0.3) is 0 Å². The maximum absolute atomic E-state index is 11.6. The van der Waals surface area contributed by atoms with Gasteiger partial charge < -0.3 is 5.32 Å². The Balaban J connectivity index is 1.93. The van der Waals surface area contributed by atoms with Crippen LogP contribution < -0.4 is 10.6 Å². The predicted octanol–water partition coefficient (Wildman–Crippen LogP) is 1.83. The smallest absolute Gasteiger partial charge is 0.321 e. The van der Waals surface area contributed by atoms with Gasteiger partial charge in [0.15, 0.2) is 5.16 Å². The highest BCUT2D eigenvalue weighted by Gasteiger charge is 2.26. The number of nitrogens with one attached hydrogen (secondary N) is 2. The number of hydrogen-bond acceptors (Lipinski definition) is 5. The first kappa shape index (κ1) is 16.5. The number of thioether (sulfide) groups is 1. The minimum atomic E-state index is -0.457. The first-order valence-corrected chi connectivity index (χ1v) is 8.80. The van der Waals surface area contributed by atoms with Gasteiger partial charge in [-0.2, -0.15) is 0 Å². The molecule has 1 aliphatic rings. The third-order valence-corrected chi connectivity index (χ3v) is 4.49. The van der Waals surface area contributed by atoms with Crippen molar-refractivity contribution in [3.63, 3.8) is 0 Å². The molecule has 24 heavy (non-hydrogen) atoms. The summed E-state index contributed by atoms with van der Waals surface area (Å²) in [6.45, 7) is 4.09. The number of carbonyl (C=O) groups is 2. The molecule has 7 nitrogen and oxygen atoms in total. The normalized spacial score (nSPS) is 17.5. The second kappa shape index (κ2) is 7.04. The quantitative estimate of drug-likeness (QED) is 0.807. The van der Waals surface area contributed by atoms with Crippen LogP contribution in [0.4, 0.5) is 4.79 Å². The topological polar surface area (TPSA) is 88.9 Å².